The number of nitrogens with one attached hydrogen (secondary N) is 2. The Kier molecular flexibility index (Phi) is 5.06. The van der Waals surface area contributed by atoms with Gasteiger partial charge in [-0.1, -0.05) is 6.07 Å². The number of benzene rings is 2. The number of nitrogens with zero attached hydrogens (tertiary/aromatic N) is 2. The summed E-state index contributed by atoms with van der Waals surface area (Å²) in [6.07, 6.45) is 1.66. The molecule has 9 heteroatoms. The standard InChI is InChI=1S/C18H17FN4O3S/c1-12-8-9-21-23(12)14-5-3-4-13(10-14)22-18(24)16-11-15(6-7-17(16)19)27(25,26)20-2/h3-11,20H,1-2H3,(H,22,24). The molecule has 1 heterocycles. The van der Waals surface area contributed by atoms with Gasteiger partial charge in [-0.2, -0.15) is 5.10 Å². The first-order chi connectivity index (χ1) is 12.8. The molecule has 27 heavy (non-hydrogen) atoms. The van der Waals surface area contributed by atoms with Gasteiger partial charge in [0.25, 0.3) is 5.91 Å². The first-order valence-electron chi connectivity index (χ1n) is 7.97. The highest BCUT2D eigenvalue weighted by Crippen LogP contribution is 2.19. The minimum Gasteiger partial charge on any atom is -0.322 e. The van der Waals surface area contributed by atoms with Crippen molar-refractivity contribution in [2.24, 2.45) is 0 Å². The number of hydrogen-bond donors (Lipinski definition) is 2. The number of carbonyl (C=O) groups is 1. The van der Waals surface area contributed by atoms with Gasteiger partial charge in [0.15, 0.2) is 0 Å². The second kappa shape index (κ2) is 7.29. The zero-order chi connectivity index (χ0) is 19.6. The van der Waals surface area contributed by atoms with Crippen molar-refractivity contribution in [1.82, 2.24) is 14.5 Å². The molecule has 1 amide bonds. The van der Waals surface area contributed by atoms with Crippen molar-refractivity contribution in [3.63, 3.8) is 0 Å². The molecule has 0 unspecified atom stereocenters. The smallest absolute Gasteiger partial charge is 0.258 e. The lowest BCUT2D eigenvalue weighted by Crippen LogP contribution is -2.20. The van der Waals surface area contributed by atoms with E-state index in [2.05, 4.69) is 15.1 Å². The number of aromatic nitrogens is 2. The van der Waals surface area contributed by atoms with E-state index in [-0.39, 0.29) is 10.5 Å². The summed E-state index contributed by atoms with van der Waals surface area (Å²) in [7, 11) is -2.56. The van der Waals surface area contributed by atoms with Crippen LogP contribution in [0.5, 0.6) is 0 Å². The Morgan fingerprint density at radius 1 is 1.15 bits per heavy atom. The van der Waals surface area contributed by atoms with Gasteiger partial charge in [-0.15, -0.1) is 0 Å². The molecule has 2 N–H and O–H groups in total. The van der Waals surface area contributed by atoms with E-state index in [4.69, 9.17) is 0 Å². The summed E-state index contributed by atoms with van der Waals surface area (Å²) in [5.74, 6) is -1.57. The lowest BCUT2D eigenvalue weighted by atomic mass is 10.2. The first-order valence-corrected chi connectivity index (χ1v) is 9.45. The van der Waals surface area contributed by atoms with Crippen molar-refractivity contribution in [2.45, 2.75) is 11.8 Å². The van der Waals surface area contributed by atoms with Crippen LogP contribution in [0.4, 0.5) is 10.1 Å². The first kappa shape index (κ1) is 18.7. The van der Waals surface area contributed by atoms with E-state index >= 15 is 0 Å². The fourth-order valence-corrected chi connectivity index (χ4v) is 3.27. The highest BCUT2D eigenvalue weighted by molar-refractivity contribution is 7.89. The van der Waals surface area contributed by atoms with Gasteiger partial charge in [0.05, 0.1) is 16.1 Å². The second-order valence-electron chi connectivity index (χ2n) is 5.74. The molecule has 2 aromatic carbocycles. The molecule has 0 aliphatic carbocycles. The van der Waals surface area contributed by atoms with E-state index in [1.807, 2.05) is 19.1 Å². The Morgan fingerprint density at radius 3 is 2.59 bits per heavy atom. The molecule has 0 saturated carbocycles. The Labute approximate surface area is 155 Å². The summed E-state index contributed by atoms with van der Waals surface area (Å²) in [4.78, 5) is 12.3. The van der Waals surface area contributed by atoms with Crippen LogP contribution >= 0.6 is 0 Å². The molecule has 0 aliphatic rings. The van der Waals surface area contributed by atoms with Gasteiger partial charge in [-0.05, 0) is 56.4 Å². The quantitative estimate of drug-likeness (QED) is 0.702. The number of halogens is 1. The van der Waals surface area contributed by atoms with Gasteiger partial charge >= 0.3 is 0 Å². The Hall–Kier alpha value is -3.04. The van der Waals surface area contributed by atoms with Crippen molar-refractivity contribution in [3.05, 3.63) is 71.8 Å². The summed E-state index contributed by atoms with van der Waals surface area (Å²) >= 11 is 0. The van der Waals surface area contributed by atoms with Crippen molar-refractivity contribution in [2.75, 3.05) is 12.4 Å². The van der Waals surface area contributed by atoms with Gasteiger partial charge in [0, 0.05) is 17.6 Å². The number of rotatable bonds is 5. The maximum Gasteiger partial charge on any atom is 0.258 e. The van der Waals surface area contributed by atoms with Gasteiger partial charge in [-0.25, -0.2) is 22.2 Å². The van der Waals surface area contributed by atoms with Gasteiger partial charge < -0.3 is 5.32 Å². The van der Waals surface area contributed by atoms with Crippen LogP contribution in [-0.2, 0) is 10.0 Å². The maximum atomic E-state index is 14.1. The number of amides is 1. The average molecular weight is 388 g/mol. The summed E-state index contributed by atoms with van der Waals surface area (Å²) in [5.41, 5.74) is 1.69. The molecule has 0 aliphatic heterocycles. The molecule has 140 valence electrons. The highest BCUT2D eigenvalue weighted by atomic mass is 32.2. The molecule has 0 atom stereocenters. The molecule has 0 spiro atoms. The van der Waals surface area contributed by atoms with Crippen LogP contribution in [0.3, 0.4) is 0 Å². The van der Waals surface area contributed by atoms with Crippen LogP contribution in [0.25, 0.3) is 5.69 Å². The molecule has 3 aromatic rings. The molecule has 1 aromatic heterocycles. The topological polar surface area (TPSA) is 93.1 Å². The second-order valence-corrected chi connectivity index (χ2v) is 7.62. The minimum atomic E-state index is -3.79. The fourth-order valence-electron chi connectivity index (χ4n) is 2.52. The van der Waals surface area contributed by atoms with Crippen LogP contribution in [0.1, 0.15) is 16.1 Å². The molecule has 0 bridgehead atoms. The van der Waals surface area contributed by atoms with E-state index in [9.17, 15) is 17.6 Å². The van der Waals surface area contributed by atoms with E-state index in [1.165, 1.54) is 7.05 Å². The van der Waals surface area contributed by atoms with Crippen LogP contribution in [0.2, 0.25) is 0 Å². The monoisotopic (exact) mass is 388 g/mol. The van der Waals surface area contributed by atoms with Crippen molar-refractivity contribution in [3.8, 4) is 5.69 Å². The van der Waals surface area contributed by atoms with Gasteiger partial charge in [0.1, 0.15) is 5.82 Å². The Morgan fingerprint density at radius 2 is 1.93 bits per heavy atom. The number of sulfonamides is 1. The fraction of sp³-hybridized carbons (Fsp3) is 0.111. The lowest BCUT2D eigenvalue weighted by Gasteiger charge is -2.10. The molecule has 0 fully saturated rings. The predicted octanol–water partition coefficient (Wildman–Crippen LogP) is 2.48. The largest absolute Gasteiger partial charge is 0.322 e. The van der Waals surface area contributed by atoms with E-state index < -0.39 is 21.7 Å². The maximum absolute atomic E-state index is 14.1. The summed E-state index contributed by atoms with van der Waals surface area (Å²) < 4.78 is 41.7. The Bertz CT molecular complexity index is 1110. The van der Waals surface area contributed by atoms with Crippen LogP contribution in [-0.4, -0.2) is 31.2 Å². The zero-order valence-electron chi connectivity index (χ0n) is 14.6. The summed E-state index contributed by atoms with van der Waals surface area (Å²) in [5, 5.41) is 6.78. The van der Waals surface area contributed by atoms with E-state index in [0.29, 0.717) is 5.69 Å². The lowest BCUT2D eigenvalue weighted by molar-refractivity contribution is 0.102. The SMILES string of the molecule is CNS(=O)(=O)c1ccc(F)c(C(=O)Nc2cccc(-n3nccc3C)c2)c1. The van der Waals surface area contributed by atoms with Crippen LogP contribution in [0.15, 0.2) is 59.6 Å². The van der Waals surface area contributed by atoms with Crippen LogP contribution in [0, 0.1) is 12.7 Å². The molecule has 0 radical (unpaired) electrons. The number of hydrogen-bond acceptors (Lipinski definition) is 4. The van der Waals surface area contributed by atoms with Crippen molar-refractivity contribution >= 4 is 21.6 Å². The van der Waals surface area contributed by atoms with Crippen molar-refractivity contribution in [1.29, 1.82) is 0 Å². The molecule has 7 nitrogen and oxygen atoms in total. The average Bonchev–Trinajstić information content (AvgIpc) is 3.08. The Balaban J connectivity index is 1.90. The molecular formula is C18H17FN4O3S. The minimum absolute atomic E-state index is 0.197. The number of carbonyl (C=O) groups excluding carboxylic acids is 1. The van der Waals surface area contributed by atoms with Crippen molar-refractivity contribution < 1.29 is 17.6 Å². The molecule has 3 rings (SSSR count). The van der Waals surface area contributed by atoms with E-state index in [1.54, 1.807) is 29.1 Å². The normalized spacial score (nSPS) is 11.4. The van der Waals surface area contributed by atoms with Gasteiger partial charge in [0.2, 0.25) is 10.0 Å². The third kappa shape index (κ3) is 3.88. The zero-order valence-corrected chi connectivity index (χ0v) is 15.4. The van der Waals surface area contributed by atoms with E-state index in [0.717, 1.165) is 29.6 Å². The predicted molar refractivity (Wildman–Crippen MR) is 98.9 cm³/mol. The molecule has 0 saturated heterocycles. The molecular weight excluding hydrogens is 371 g/mol. The highest BCUT2D eigenvalue weighted by Gasteiger charge is 2.18. The third-order valence-electron chi connectivity index (χ3n) is 3.94. The third-order valence-corrected chi connectivity index (χ3v) is 5.35. The summed E-state index contributed by atoms with van der Waals surface area (Å²) in [6.45, 7) is 1.89. The number of anilines is 1. The van der Waals surface area contributed by atoms with Gasteiger partial charge in [-0.3, -0.25) is 4.79 Å². The van der Waals surface area contributed by atoms with Crippen LogP contribution < -0.4 is 10.0 Å². The summed E-state index contributed by atoms with van der Waals surface area (Å²) in [6, 6.07) is 11.8. The number of aryl methyl sites for hydroxylation is 1.